The number of benzene rings is 1. The zero-order valence-corrected chi connectivity index (χ0v) is 16.0. The van der Waals surface area contributed by atoms with Crippen LogP contribution >= 0.6 is 10.7 Å². The van der Waals surface area contributed by atoms with Crippen LogP contribution in [0.2, 0.25) is 0 Å². The van der Waals surface area contributed by atoms with E-state index in [-0.39, 0.29) is 22.4 Å². The molecule has 11 heteroatoms. The monoisotopic (exact) mass is 410 g/mol. The van der Waals surface area contributed by atoms with Gasteiger partial charge >= 0.3 is 6.18 Å². The summed E-state index contributed by atoms with van der Waals surface area (Å²) in [6, 6.07) is 2.80. The van der Waals surface area contributed by atoms with Gasteiger partial charge < -0.3 is 5.73 Å². The lowest BCUT2D eigenvalue weighted by atomic mass is 9.94. The molecule has 2 rings (SSSR count). The van der Waals surface area contributed by atoms with Crippen LogP contribution in [0.25, 0.3) is 5.69 Å². The normalized spacial score (nSPS) is 13.0. The molecular formula is C15H18ClF3N4O2S. The first-order valence-corrected chi connectivity index (χ1v) is 9.97. The molecule has 0 spiro atoms. The molecule has 1 heterocycles. The van der Waals surface area contributed by atoms with Crippen molar-refractivity contribution in [1.82, 2.24) is 14.8 Å². The summed E-state index contributed by atoms with van der Waals surface area (Å²) >= 11 is 0. The Kier molecular flexibility index (Phi) is 5.31. The number of aromatic nitrogens is 3. The first-order valence-electron chi connectivity index (χ1n) is 7.66. The van der Waals surface area contributed by atoms with Gasteiger partial charge in [0.25, 0.3) is 14.9 Å². The van der Waals surface area contributed by atoms with Crippen molar-refractivity contribution in [3.8, 4) is 5.69 Å². The minimum absolute atomic E-state index is 0.0872. The topological polar surface area (TPSA) is 90.9 Å². The molecule has 0 amide bonds. The van der Waals surface area contributed by atoms with Gasteiger partial charge in [0.1, 0.15) is 0 Å². The van der Waals surface area contributed by atoms with E-state index in [1.165, 1.54) is 6.07 Å². The number of hydrogen-bond acceptors (Lipinski definition) is 5. The predicted molar refractivity (Wildman–Crippen MR) is 92.0 cm³/mol. The number of alkyl halides is 3. The van der Waals surface area contributed by atoms with Gasteiger partial charge in [-0.25, -0.2) is 8.42 Å². The van der Waals surface area contributed by atoms with Crippen molar-refractivity contribution in [3.63, 3.8) is 0 Å². The third-order valence-corrected chi connectivity index (χ3v) is 5.16. The van der Waals surface area contributed by atoms with Gasteiger partial charge in [-0.15, -0.1) is 5.10 Å². The highest BCUT2D eigenvalue weighted by molar-refractivity contribution is 8.13. The van der Waals surface area contributed by atoms with E-state index in [0.29, 0.717) is 11.1 Å². The van der Waals surface area contributed by atoms with Crippen LogP contribution in [0.1, 0.15) is 56.5 Å². The van der Waals surface area contributed by atoms with Crippen molar-refractivity contribution < 1.29 is 21.6 Å². The molecule has 0 aliphatic rings. The van der Waals surface area contributed by atoms with Gasteiger partial charge in [0.05, 0.1) is 10.6 Å². The summed E-state index contributed by atoms with van der Waals surface area (Å²) in [5.41, 5.74) is 6.72. The molecule has 0 saturated carbocycles. The Morgan fingerprint density at radius 3 is 2.04 bits per heavy atom. The maximum Gasteiger partial charge on any atom is 0.453 e. The highest BCUT2D eigenvalue weighted by Gasteiger charge is 2.37. The Morgan fingerprint density at radius 2 is 1.65 bits per heavy atom. The highest BCUT2D eigenvalue weighted by Crippen LogP contribution is 2.35. The van der Waals surface area contributed by atoms with Crippen LogP contribution in [-0.2, 0) is 15.2 Å². The van der Waals surface area contributed by atoms with E-state index in [1.807, 2.05) is 13.8 Å². The molecule has 0 unspecified atom stereocenters. The molecule has 0 aliphatic carbocycles. The second kappa shape index (κ2) is 6.73. The van der Waals surface area contributed by atoms with E-state index in [9.17, 15) is 21.6 Å². The summed E-state index contributed by atoms with van der Waals surface area (Å²) in [5, 5.41) is 3.41. The molecule has 6 nitrogen and oxygen atoms in total. The van der Waals surface area contributed by atoms with Crippen LogP contribution in [0.4, 0.5) is 19.1 Å². The van der Waals surface area contributed by atoms with E-state index in [2.05, 4.69) is 10.1 Å². The van der Waals surface area contributed by atoms with Gasteiger partial charge in [0.2, 0.25) is 5.95 Å². The molecule has 0 atom stereocenters. The first-order chi connectivity index (χ1) is 11.7. The third kappa shape index (κ3) is 3.96. The zero-order valence-electron chi connectivity index (χ0n) is 14.5. The van der Waals surface area contributed by atoms with Crippen molar-refractivity contribution in [2.24, 2.45) is 0 Å². The van der Waals surface area contributed by atoms with Crippen LogP contribution in [0.5, 0.6) is 0 Å². The summed E-state index contributed by atoms with van der Waals surface area (Å²) in [6.45, 7) is 7.21. The molecule has 1 aromatic carbocycles. The lowest BCUT2D eigenvalue weighted by Crippen LogP contribution is -2.12. The maximum absolute atomic E-state index is 12.9. The van der Waals surface area contributed by atoms with Crippen molar-refractivity contribution in [1.29, 1.82) is 0 Å². The molecule has 1 aromatic heterocycles. The molecule has 0 aliphatic heterocycles. The number of anilines is 1. The lowest BCUT2D eigenvalue weighted by Gasteiger charge is -2.19. The molecule has 2 N–H and O–H groups in total. The van der Waals surface area contributed by atoms with E-state index >= 15 is 0 Å². The Hall–Kier alpha value is -1.81. The van der Waals surface area contributed by atoms with Crippen molar-refractivity contribution in [3.05, 3.63) is 29.1 Å². The van der Waals surface area contributed by atoms with E-state index < -0.39 is 27.0 Å². The smallest absolute Gasteiger partial charge is 0.368 e. The van der Waals surface area contributed by atoms with Crippen LogP contribution < -0.4 is 5.73 Å². The first kappa shape index (κ1) is 20.5. The van der Waals surface area contributed by atoms with Crippen LogP contribution in [0.15, 0.2) is 17.0 Å². The number of halogens is 4. The fourth-order valence-electron chi connectivity index (χ4n) is 2.53. The quantitative estimate of drug-likeness (QED) is 0.768. The predicted octanol–water partition coefficient (Wildman–Crippen LogP) is 4.04. The van der Waals surface area contributed by atoms with Crippen molar-refractivity contribution in [2.45, 2.75) is 50.6 Å². The molecule has 0 saturated heterocycles. The highest BCUT2D eigenvalue weighted by atomic mass is 35.7. The average Bonchev–Trinajstić information content (AvgIpc) is 2.86. The largest absolute Gasteiger partial charge is 0.453 e. The molecule has 2 aromatic rings. The molecular weight excluding hydrogens is 393 g/mol. The van der Waals surface area contributed by atoms with Crippen molar-refractivity contribution >= 4 is 25.7 Å². The Bertz CT molecular complexity index is 937. The summed E-state index contributed by atoms with van der Waals surface area (Å²) < 4.78 is 63.4. The van der Waals surface area contributed by atoms with Gasteiger partial charge in [-0.1, -0.05) is 33.8 Å². The molecule has 0 radical (unpaired) electrons. The summed E-state index contributed by atoms with van der Waals surface area (Å²) in [7, 11) is 1.39. The summed E-state index contributed by atoms with van der Waals surface area (Å²) in [5.74, 6) is -2.24. The average molecular weight is 411 g/mol. The lowest BCUT2D eigenvalue weighted by molar-refractivity contribution is -0.144. The SMILES string of the molecule is CC(C)c1cc(C(C)C)c(S(=O)(=O)Cl)cc1-n1nc(C(F)(F)F)nc1N. The molecule has 0 fully saturated rings. The molecule has 144 valence electrons. The Morgan fingerprint density at radius 1 is 1.12 bits per heavy atom. The number of nitrogens with two attached hydrogens (primary N) is 1. The van der Waals surface area contributed by atoms with Gasteiger partial charge in [-0.3, -0.25) is 0 Å². The number of hydrogen-bond donors (Lipinski definition) is 1. The minimum atomic E-state index is -4.78. The van der Waals surface area contributed by atoms with Gasteiger partial charge in [0, 0.05) is 10.7 Å². The summed E-state index contributed by atoms with van der Waals surface area (Å²) in [6.07, 6.45) is -4.78. The fourth-order valence-corrected chi connectivity index (χ4v) is 3.76. The van der Waals surface area contributed by atoms with Crippen LogP contribution in [-0.4, -0.2) is 23.2 Å². The standard InChI is InChI=1S/C15H18ClF3N4O2S/c1-7(2)9-5-10(8(3)4)12(26(16,24)25)6-11(9)23-14(20)21-13(22-23)15(17,18)19/h5-8H,1-4H3,(H2,20,21,22). The fraction of sp³-hybridized carbons (Fsp3) is 0.467. The van der Waals surface area contributed by atoms with E-state index in [4.69, 9.17) is 16.4 Å². The zero-order chi connectivity index (χ0) is 20.0. The Labute approximate surface area is 153 Å². The van der Waals surface area contributed by atoms with Crippen LogP contribution in [0.3, 0.4) is 0 Å². The molecule has 0 bridgehead atoms. The minimum Gasteiger partial charge on any atom is -0.368 e. The number of nitrogens with zero attached hydrogens (tertiary/aromatic N) is 3. The van der Waals surface area contributed by atoms with Gasteiger partial charge in [0.15, 0.2) is 0 Å². The second-order valence-corrected chi connectivity index (χ2v) is 8.93. The van der Waals surface area contributed by atoms with Gasteiger partial charge in [-0.2, -0.15) is 22.8 Å². The Balaban J connectivity index is 2.86. The third-order valence-electron chi connectivity index (χ3n) is 3.78. The molecule has 26 heavy (non-hydrogen) atoms. The number of nitrogen functional groups attached to an aromatic ring is 1. The maximum atomic E-state index is 12.9. The van der Waals surface area contributed by atoms with E-state index in [1.54, 1.807) is 19.9 Å². The van der Waals surface area contributed by atoms with Crippen molar-refractivity contribution in [2.75, 3.05) is 5.73 Å². The second-order valence-electron chi connectivity index (χ2n) is 6.40. The van der Waals surface area contributed by atoms with Crippen LogP contribution in [0, 0.1) is 0 Å². The van der Waals surface area contributed by atoms with Gasteiger partial charge in [-0.05, 0) is 29.0 Å². The summed E-state index contributed by atoms with van der Waals surface area (Å²) in [4.78, 5) is 3.03. The van der Waals surface area contributed by atoms with E-state index in [0.717, 1.165) is 4.68 Å². The number of rotatable bonds is 4.